The molecule has 0 unspecified atom stereocenters. The summed E-state index contributed by atoms with van der Waals surface area (Å²) >= 11 is 0. The Bertz CT molecular complexity index is 345. The Balaban J connectivity index is 2.28. The van der Waals surface area contributed by atoms with E-state index in [-0.39, 0.29) is 0 Å². The largest absolute Gasteiger partial charge is 0.0693 e. The molecule has 1 aliphatic carbocycles. The predicted molar refractivity (Wildman–Crippen MR) is 70.1 cm³/mol. The van der Waals surface area contributed by atoms with Crippen molar-refractivity contribution in [3.05, 3.63) is 35.9 Å². The van der Waals surface area contributed by atoms with Crippen LogP contribution in [0.4, 0.5) is 0 Å². The fourth-order valence-corrected chi connectivity index (χ4v) is 7.47. The van der Waals surface area contributed by atoms with Crippen LogP contribution in [-0.2, 0) is 0 Å². The highest BCUT2D eigenvalue weighted by molar-refractivity contribution is 6.78. The first-order valence-electron chi connectivity index (χ1n) is 5.90. The monoisotopic (exact) mass is 218 g/mol. The predicted octanol–water partition coefficient (Wildman–Crippen LogP) is 4.52. The van der Waals surface area contributed by atoms with Crippen molar-refractivity contribution in [2.24, 2.45) is 5.41 Å². The number of hydrogen-bond acceptors (Lipinski definition) is 0. The van der Waals surface area contributed by atoms with Gasteiger partial charge in [0.1, 0.15) is 0 Å². The van der Waals surface area contributed by atoms with Gasteiger partial charge in [-0.05, 0) is 22.4 Å². The van der Waals surface area contributed by atoms with Crippen molar-refractivity contribution in [2.75, 3.05) is 0 Å². The van der Waals surface area contributed by atoms with Crippen LogP contribution in [0, 0.1) is 5.41 Å². The molecule has 0 nitrogen and oxygen atoms in total. The summed E-state index contributed by atoms with van der Waals surface area (Å²) < 4.78 is 0. The van der Waals surface area contributed by atoms with Crippen LogP contribution in [0.5, 0.6) is 0 Å². The average Bonchev–Trinajstić information content (AvgIpc) is 2.70. The Morgan fingerprint density at radius 1 is 1.00 bits per heavy atom. The normalized spacial score (nSPS) is 28.9. The molecule has 82 valence electrons. The molecule has 0 radical (unpaired) electrons. The van der Waals surface area contributed by atoms with Gasteiger partial charge in [-0.15, -0.1) is 0 Å². The van der Waals surface area contributed by atoms with Gasteiger partial charge in [0, 0.05) is 8.07 Å². The first kappa shape index (κ1) is 10.9. The summed E-state index contributed by atoms with van der Waals surface area (Å²) in [7, 11) is -1.00. The minimum absolute atomic E-state index is 0.534. The molecule has 15 heavy (non-hydrogen) atoms. The van der Waals surface area contributed by atoms with Gasteiger partial charge in [-0.1, -0.05) is 63.8 Å². The Morgan fingerprint density at radius 2 is 1.53 bits per heavy atom. The van der Waals surface area contributed by atoms with E-state index >= 15 is 0 Å². The van der Waals surface area contributed by atoms with Crippen molar-refractivity contribution in [2.45, 2.75) is 44.9 Å². The Morgan fingerprint density at radius 3 is 1.93 bits per heavy atom. The van der Waals surface area contributed by atoms with Crippen LogP contribution in [0.1, 0.15) is 25.3 Å². The number of rotatable bonds is 2. The van der Waals surface area contributed by atoms with Crippen molar-refractivity contribution in [3.8, 4) is 0 Å². The quantitative estimate of drug-likeness (QED) is 0.640. The van der Waals surface area contributed by atoms with Crippen LogP contribution in [0.15, 0.2) is 30.3 Å². The Kier molecular flexibility index (Phi) is 2.34. The smallest absolute Gasteiger partial charge is 0.0486 e. The van der Waals surface area contributed by atoms with Gasteiger partial charge in [0.25, 0.3) is 0 Å². The van der Waals surface area contributed by atoms with Gasteiger partial charge in [0.15, 0.2) is 0 Å². The van der Waals surface area contributed by atoms with Crippen LogP contribution in [-0.4, -0.2) is 8.07 Å². The van der Waals surface area contributed by atoms with Crippen molar-refractivity contribution in [1.82, 2.24) is 0 Å². The van der Waals surface area contributed by atoms with Crippen molar-refractivity contribution < 1.29 is 0 Å². The van der Waals surface area contributed by atoms with E-state index in [4.69, 9.17) is 0 Å². The van der Waals surface area contributed by atoms with Crippen molar-refractivity contribution in [3.63, 3.8) is 0 Å². The van der Waals surface area contributed by atoms with Gasteiger partial charge in [-0.25, -0.2) is 0 Å². The maximum Gasteiger partial charge on any atom is 0.0486 e. The average molecular weight is 218 g/mol. The highest BCUT2D eigenvalue weighted by Crippen LogP contribution is 2.72. The molecule has 1 fully saturated rings. The molecular weight excluding hydrogens is 196 g/mol. The van der Waals surface area contributed by atoms with Crippen molar-refractivity contribution >= 4 is 8.07 Å². The zero-order valence-electron chi connectivity index (χ0n) is 10.5. The molecule has 1 heteroatoms. The molecule has 0 amide bonds. The van der Waals surface area contributed by atoms with E-state index in [0.29, 0.717) is 5.41 Å². The highest BCUT2D eigenvalue weighted by Gasteiger charge is 2.62. The summed E-state index contributed by atoms with van der Waals surface area (Å²) in [5.41, 5.74) is 3.04. The van der Waals surface area contributed by atoms with Gasteiger partial charge < -0.3 is 0 Å². The van der Waals surface area contributed by atoms with E-state index in [1.54, 1.807) is 5.56 Å². The molecule has 1 aliphatic rings. The summed E-state index contributed by atoms with van der Waals surface area (Å²) in [4.78, 5) is 0. The van der Waals surface area contributed by atoms with E-state index in [1.807, 2.05) is 0 Å². The molecule has 1 saturated carbocycles. The van der Waals surface area contributed by atoms with Gasteiger partial charge >= 0.3 is 0 Å². The zero-order valence-corrected chi connectivity index (χ0v) is 11.5. The lowest BCUT2D eigenvalue weighted by Gasteiger charge is -2.17. The Hall–Kier alpha value is -0.563. The summed E-state index contributed by atoms with van der Waals surface area (Å²) in [6.45, 7) is 12.4. The maximum absolute atomic E-state index is 2.50. The van der Waals surface area contributed by atoms with Crippen LogP contribution in [0.2, 0.25) is 25.2 Å². The summed E-state index contributed by atoms with van der Waals surface area (Å²) in [6.07, 6.45) is 0. The fraction of sp³-hybridized carbons (Fsp3) is 0.571. The third-order valence-electron chi connectivity index (χ3n) is 3.92. The van der Waals surface area contributed by atoms with E-state index in [1.165, 1.54) is 0 Å². The maximum atomic E-state index is 2.50. The van der Waals surface area contributed by atoms with E-state index in [0.717, 1.165) is 11.5 Å². The molecule has 0 saturated heterocycles. The molecule has 2 atom stereocenters. The third-order valence-corrected chi connectivity index (χ3v) is 6.86. The van der Waals surface area contributed by atoms with Gasteiger partial charge in [-0.2, -0.15) is 0 Å². The summed E-state index contributed by atoms with van der Waals surface area (Å²) in [6, 6.07) is 11.1. The molecule has 1 aromatic rings. The van der Waals surface area contributed by atoms with E-state index in [9.17, 15) is 0 Å². The zero-order chi connectivity index (χ0) is 11.3. The SMILES string of the molecule is CC1(C)[C@@H](c2ccccc2)[C@@H]1[Si](C)(C)C. The van der Waals surface area contributed by atoms with Crippen LogP contribution < -0.4 is 0 Å². The molecule has 0 N–H and O–H groups in total. The minimum Gasteiger partial charge on any atom is -0.0693 e. The number of hydrogen-bond donors (Lipinski definition) is 0. The summed E-state index contributed by atoms with van der Waals surface area (Å²) in [5, 5.41) is 0. The van der Waals surface area contributed by atoms with Gasteiger partial charge in [0.05, 0.1) is 0 Å². The van der Waals surface area contributed by atoms with E-state index < -0.39 is 8.07 Å². The molecule has 0 heterocycles. The minimum atomic E-state index is -1.00. The molecule has 2 rings (SSSR count). The molecule has 1 aromatic carbocycles. The lowest BCUT2D eigenvalue weighted by atomic mass is 10.0. The van der Waals surface area contributed by atoms with Gasteiger partial charge in [0.2, 0.25) is 0 Å². The first-order chi connectivity index (χ1) is 6.85. The molecule has 0 aromatic heterocycles. The second-order valence-electron chi connectivity index (χ2n) is 6.55. The second kappa shape index (κ2) is 3.21. The van der Waals surface area contributed by atoms with Crippen LogP contribution in [0.3, 0.4) is 0 Å². The summed E-state index contributed by atoms with van der Waals surface area (Å²) in [5.74, 6) is 0.811. The van der Waals surface area contributed by atoms with Crippen molar-refractivity contribution in [1.29, 1.82) is 0 Å². The number of benzene rings is 1. The first-order valence-corrected chi connectivity index (χ1v) is 9.48. The second-order valence-corrected chi connectivity index (χ2v) is 11.9. The molecule has 0 spiro atoms. The topological polar surface area (TPSA) is 0 Å². The highest BCUT2D eigenvalue weighted by atomic mass is 28.3. The molecule has 0 aliphatic heterocycles. The standard InChI is InChI=1S/C14H22Si/c1-14(2)12(13(14)15(3,4)5)11-9-7-6-8-10-11/h6-10,12-13H,1-5H3/t12-,13-/m0/s1. The van der Waals surface area contributed by atoms with E-state index in [2.05, 4.69) is 63.8 Å². The molecular formula is C14H22Si. The fourth-order valence-electron chi connectivity index (χ4n) is 3.54. The van der Waals surface area contributed by atoms with Gasteiger partial charge in [-0.3, -0.25) is 0 Å². The lowest BCUT2D eigenvalue weighted by Crippen LogP contribution is -2.22. The van der Waals surface area contributed by atoms with Crippen LogP contribution in [0.25, 0.3) is 0 Å². The lowest BCUT2D eigenvalue weighted by molar-refractivity contribution is 0.618. The van der Waals surface area contributed by atoms with Crippen LogP contribution >= 0.6 is 0 Å². The Labute approximate surface area is 94.7 Å². The molecule has 0 bridgehead atoms. The third kappa shape index (κ3) is 1.78.